The number of anilines is 5. The van der Waals surface area contributed by atoms with Gasteiger partial charge in [-0.05, 0) is 71.0 Å². The van der Waals surface area contributed by atoms with Crippen LogP contribution in [0.25, 0.3) is 0 Å². The Bertz CT molecular complexity index is 1110. The summed E-state index contributed by atoms with van der Waals surface area (Å²) in [5, 5.41) is 9.69. The number of rotatable bonds is 11. The fourth-order valence-electron chi connectivity index (χ4n) is 3.07. The third-order valence-corrected chi connectivity index (χ3v) is 4.55. The van der Waals surface area contributed by atoms with Crippen molar-refractivity contribution >= 4 is 28.8 Å². The first kappa shape index (κ1) is 24.7. The molecule has 0 aliphatic carbocycles. The molecule has 0 bridgehead atoms. The molecule has 1 aromatic heterocycles. The standard InChI is InChI=1S/C26H34N6O2/c1-18-17-29-25(32-24(18)30-21-10-6-9-20(27)15-21)31-22-11-7-12-23(16-22)33-14-8-13-28-19(2)34-26(3,4)5/h6-7,9-12,15-17,28H,2,8,13-14,27H2,1,3-5H3,(H2,29,30,31,32). The van der Waals surface area contributed by atoms with E-state index in [1.54, 1.807) is 6.20 Å². The Hall–Kier alpha value is -3.94. The van der Waals surface area contributed by atoms with Crippen LogP contribution in [0.2, 0.25) is 0 Å². The third kappa shape index (κ3) is 8.20. The first-order chi connectivity index (χ1) is 16.2. The molecule has 8 heteroatoms. The number of nitrogen functional groups attached to an aromatic ring is 1. The van der Waals surface area contributed by atoms with Gasteiger partial charge in [-0.1, -0.05) is 12.1 Å². The fraction of sp³-hybridized carbons (Fsp3) is 0.308. The van der Waals surface area contributed by atoms with Crippen LogP contribution < -0.4 is 26.4 Å². The SMILES string of the molecule is C=C(NCCCOc1cccc(Nc2ncc(C)c(Nc3cccc(N)c3)n2)c1)OC(C)(C)C. The molecule has 0 unspecified atom stereocenters. The summed E-state index contributed by atoms with van der Waals surface area (Å²) in [6.07, 6.45) is 2.58. The molecule has 8 nitrogen and oxygen atoms in total. The van der Waals surface area contributed by atoms with Gasteiger partial charge in [-0.2, -0.15) is 4.98 Å². The van der Waals surface area contributed by atoms with Gasteiger partial charge < -0.3 is 31.2 Å². The Kier molecular flexibility index (Phi) is 8.19. The van der Waals surface area contributed by atoms with Crippen molar-refractivity contribution in [3.05, 3.63) is 72.8 Å². The maximum atomic E-state index is 5.88. The highest BCUT2D eigenvalue weighted by atomic mass is 16.5. The highest BCUT2D eigenvalue weighted by molar-refractivity contribution is 5.65. The van der Waals surface area contributed by atoms with E-state index in [1.807, 2.05) is 76.2 Å². The molecule has 34 heavy (non-hydrogen) atoms. The monoisotopic (exact) mass is 462 g/mol. The second-order valence-electron chi connectivity index (χ2n) is 8.89. The Morgan fingerprint density at radius 2 is 1.79 bits per heavy atom. The summed E-state index contributed by atoms with van der Waals surface area (Å²) in [5.74, 6) is 2.53. The van der Waals surface area contributed by atoms with E-state index < -0.39 is 0 Å². The number of hydrogen-bond acceptors (Lipinski definition) is 8. The molecular weight excluding hydrogens is 428 g/mol. The molecule has 0 atom stereocenters. The van der Waals surface area contributed by atoms with Gasteiger partial charge in [-0.25, -0.2) is 4.98 Å². The summed E-state index contributed by atoms with van der Waals surface area (Å²) in [5.41, 5.74) is 8.92. The Morgan fingerprint density at radius 1 is 1.06 bits per heavy atom. The van der Waals surface area contributed by atoms with Gasteiger partial charge in [0.15, 0.2) is 5.88 Å². The van der Waals surface area contributed by atoms with E-state index in [9.17, 15) is 0 Å². The van der Waals surface area contributed by atoms with E-state index in [2.05, 4.69) is 32.5 Å². The van der Waals surface area contributed by atoms with E-state index in [0.29, 0.717) is 36.5 Å². The quantitative estimate of drug-likeness (QED) is 0.168. The highest BCUT2D eigenvalue weighted by Crippen LogP contribution is 2.24. The van der Waals surface area contributed by atoms with Gasteiger partial charge in [-0.3, -0.25) is 0 Å². The number of ether oxygens (including phenoxy) is 2. The number of aromatic nitrogens is 2. The Balaban J connectivity index is 1.52. The van der Waals surface area contributed by atoms with Crippen LogP contribution in [0.15, 0.2) is 67.2 Å². The molecule has 0 saturated carbocycles. The number of aryl methyl sites for hydroxylation is 1. The maximum absolute atomic E-state index is 5.88. The lowest BCUT2D eigenvalue weighted by molar-refractivity contribution is 0.0413. The average Bonchev–Trinajstić information content (AvgIpc) is 2.75. The van der Waals surface area contributed by atoms with E-state index in [0.717, 1.165) is 29.1 Å². The van der Waals surface area contributed by atoms with Crippen LogP contribution in [0.4, 0.5) is 28.8 Å². The summed E-state index contributed by atoms with van der Waals surface area (Å²) in [4.78, 5) is 9.00. The lowest BCUT2D eigenvalue weighted by Gasteiger charge is -2.23. The van der Waals surface area contributed by atoms with Crippen molar-refractivity contribution in [2.45, 2.75) is 39.7 Å². The molecule has 180 valence electrons. The highest BCUT2D eigenvalue weighted by Gasteiger charge is 2.11. The first-order valence-electron chi connectivity index (χ1n) is 11.3. The van der Waals surface area contributed by atoms with Gasteiger partial charge >= 0.3 is 0 Å². The van der Waals surface area contributed by atoms with Gasteiger partial charge in [0.25, 0.3) is 0 Å². The minimum Gasteiger partial charge on any atom is -0.493 e. The molecule has 2 aromatic carbocycles. The van der Waals surface area contributed by atoms with Crippen molar-refractivity contribution < 1.29 is 9.47 Å². The van der Waals surface area contributed by atoms with Crippen molar-refractivity contribution in [2.75, 3.05) is 29.5 Å². The average molecular weight is 463 g/mol. The number of hydrogen-bond donors (Lipinski definition) is 4. The largest absolute Gasteiger partial charge is 0.493 e. The van der Waals surface area contributed by atoms with Crippen LogP contribution in [-0.2, 0) is 4.74 Å². The summed E-state index contributed by atoms with van der Waals surface area (Å²) >= 11 is 0. The zero-order valence-corrected chi connectivity index (χ0v) is 20.3. The van der Waals surface area contributed by atoms with Gasteiger partial charge in [0.05, 0.1) is 6.61 Å². The molecular formula is C26H34N6O2. The Labute approximate surface area is 201 Å². The molecule has 0 radical (unpaired) electrons. The summed E-state index contributed by atoms with van der Waals surface area (Å²) in [6.45, 7) is 13.1. The topological polar surface area (TPSA) is 106 Å². The summed E-state index contributed by atoms with van der Waals surface area (Å²) in [6, 6.07) is 15.2. The molecule has 0 saturated heterocycles. The fourth-order valence-corrected chi connectivity index (χ4v) is 3.07. The lowest BCUT2D eigenvalue weighted by Crippen LogP contribution is -2.26. The second-order valence-corrected chi connectivity index (χ2v) is 8.89. The van der Waals surface area contributed by atoms with Crippen molar-refractivity contribution in [3.8, 4) is 5.75 Å². The third-order valence-electron chi connectivity index (χ3n) is 4.55. The van der Waals surface area contributed by atoms with E-state index in [4.69, 9.17) is 15.2 Å². The maximum Gasteiger partial charge on any atom is 0.229 e. The van der Waals surface area contributed by atoms with E-state index >= 15 is 0 Å². The molecule has 0 aliphatic rings. The van der Waals surface area contributed by atoms with Gasteiger partial charge in [0.2, 0.25) is 5.95 Å². The van der Waals surface area contributed by atoms with Crippen molar-refractivity contribution in [1.29, 1.82) is 0 Å². The molecule has 1 heterocycles. The minimum absolute atomic E-state index is 0.262. The molecule has 3 aromatic rings. The van der Waals surface area contributed by atoms with Gasteiger partial charge in [-0.15, -0.1) is 0 Å². The number of nitrogens with two attached hydrogens (primary N) is 1. The molecule has 0 fully saturated rings. The summed E-state index contributed by atoms with van der Waals surface area (Å²) in [7, 11) is 0. The number of benzene rings is 2. The van der Waals surface area contributed by atoms with Gasteiger partial charge in [0, 0.05) is 41.4 Å². The zero-order chi connectivity index (χ0) is 24.6. The molecule has 0 spiro atoms. The predicted octanol–water partition coefficient (Wildman–Crippen LogP) is 5.50. The first-order valence-corrected chi connectivity index (χ1v) is 11.3. The summed E-state index contributed by atoms with van der Waals surface area (Å²) < 4.78 is 11.5. The van der Waals surface area contributed by atoms with Crippen LogP contribution in [0.3, 0.4) is 0 Å². The van der Waals surface area contributed by atoms with Crippen molar-refractivity contribution in [3.63, 3.8) is 0 Å². The number of nitrogens with zero attached hydrogens (tertiary/aromatic N) is 2. The smallest absolute Gasteiger partial charge is 0.229 e. The van der Waals surface area contributed by atoms with Crippen molar-refractivity contribution in [1.82, 2.24) is 15.3 Å². The van der Waals surface area contributed by atoms with Crippen LogP contribution in [-0.4, -0.2) is 28.7 Å². The van der Waals surface area contributed by atoms with Crippen molar-refractivity contribution in [2.24, 2.45) is 0 Å². The van der Waals surface area contributed by atoms with Crippen LogP contribution in [0, 0.1) is 6.92 Å². The van der Waals surface area contributed by atoms with Gasteiger partial charge in [0.1, 0.15) is 17.2 Å². The lowest BCUT2D eigenvalue weighted by atomic mass is 10.2. The predicted molar refractivity (Wildman–Crippen MR) is 139 cm³/mol. The van der Waals surface area contributed by atoms with E-state index in [1.165, 1.54) is 0 Å². The minimum atomic E-state index is -0.262. The Morgan fingerprint density at radius 3 is 2.53 bits per heavy atom. The molecule has 3 rings (SSSR count). The molecule has 5 N–H and O–H groups in total. The normalized spacial score (nSPS) is 10.9. The molecule has 0 aliphatic heterocycles. The van der Waals surface area contributed by atoms with Crippen LogP contribution in [0.5, 0.6) is 5.75 Å². The van der Waals surface area contributed by atoms with E-state index in [-0.39, 0.29) is 5.60 Å². The second kappa shape index (κ2) is 11.3. The number of nitrogens with one attached hydrogen (secondary N) is 3. The van der Waals surface area contributed by atoms with Crippen LogP contribution in [0.1, 0.15) is 32.8 Å². The molecule has 0 amide bonds. The van der Waals surface area contributed by atoms with Crippen LogP contribution >= 0.6 is 0 Å². The zero-order valence-electron chi connectivity index (χ0n) is 20.3.